The topological polar surface area (TPSA) is 15.8 Å². The second-order valence-corrected chi connectivity index (χ2v) is 6.83. The van der Waals surface area contributed by atoms with Crippen LogP contribution in [0, 0.1) is 5.92 Å². The summed E-state index contributed by atoms with van der Waals surface area (Å²) in [5.74, 6) is 0.442. The van der Waals surface area contributed by atoms with Crippen LogP contribution in [0.4, 0.5) is 0 Å². The molecule has 1 heteroatoms. The number of H-pyrrole nitrogens is 1. The second-order valence-electron chi connectivity index (χ2n) is 6.83. The van der Waals surface area contributed by atoms with Crippen molar-refractivity contribution in [2.45, 2.75) is 27.2 Å². The van der Waals surface area contributed by atoms with Crippen LogP contribution in [0.3, 0.4) is 0 Å². The van der Waals surface area contributed by atoms with E-state index in [4.69, 9.17) is 0 Å². The van der Waals surface area contributed by atoms with Crippen LogP contribution < -0.4 is 10.6 Å². The van der Waals surface area contributed by atoms with Gasteiger partial charge in [-0.05, 0) is 55.6 Å². The molecule has 0 spiro atoms. The van der Waals surface area contributed by atoms with E-state index in [0.29, 0.717) is 5.92 Å². The number of nitrogens with one attached hydrogen (secondary N) is 1. The zero-order chi connectivity index (χ0) is 16.7. The number of fused-ring (bicyclic) bond motifs is 4. The fraction of sp³-hybridized carbons (Fsp3) is 0.217. The minimum Gasteiger partial charge on any atom is -0.355 e. The third-order valence-electron chi connectivity index (χ3n) is 5.32. The van der Waals surface area contributed by atoms with E-state index in [1.165, 1.54) is 43.8 Å². The maximum atomic E-state index is 3.70. The van der Waals surface area contributed by atoms with E-state index in [9.17, 15) is 0 Å². The van der Waals surface area contributed by atoms with E-state index < -0.39 is 0 Å². The molecule has 0 amide bonds. The van der Waals surface area contributed by atoms with Gasteiger partial charge < -0.3 is 4.98 Å². The summed E-state index contributed by atoms with van der Waals surface area (Å²) in [4.78, 5) is 3.70. The van der Waals surface area contributed by atoms with E-state index in [-0.39, 0.29) is 0 Å². The highest BCUT2D eigenvalue weighted by atomic mass is 14.7. The summed E-state index contributed by atoms with van der Waals surface area (Å²) in [7, 11) is 0. The molecule has 2 aromatic rings. The van der Waals surface area contributed by atoms with E-state index >= 15 is 0 Å². The molecule has 1 heterocycles. The van der Waals surface area contributed by atoms with Gasteiger partial charge in [-0.3, -0.25) is 0 Å². The van der Waals surface area contributed by atoms with Crippen LogP contribution in [0.2, 0.25) is 0 Å². The molecule has 0 aliphatic heterocycles. The zero-order valence-electron chi connectivity index (χ0n) is 14.6. The number of rotatable bonds is 0. The van der Waals surface area contributed by atoms with Crippen molar-refractivity contribution >= 4 is 22.0 Å². The minimum atomic E-state index is 0.442. The Morgan fingerprint density at radius 1 is 1.00 bits per heavy atom. The van der Waals surface area contributed by atoms with Crippen molar-refractivity contribution in [3.63, 3.8) is 0 Å². The van der Waals surface area contributed by atoms with Crippen LogP contribution in [0.5, 0.6) is 0 Å². The number of hydrogen-bond acceptors (Lipinski definition) is 0. The minimum absolute atomic E-state index is 0.442. The molecule has 2 aliphatic carbocycles. The predicted molar refractivity (Wildman–Crippen MR) is 104 cm³/mol. The quantitative estimate of drug-likeness (QED) is 0.735. The Balaban J connectivity index is 2.17. The number of para-hydroxylation sites is 1. The van der Waals surface area contributed by atoms with Crippen molar-refractivity contribution in [2.75, 3.05) is 0 Å². The highest BCUT2D eigenvalue weighted by Crippen LogP contribution is 2.32. The molecule has 1 aromatic carbocycles. The van der Waals surface area contributed by atoms with Gasteiger partial charge in [-0.25, -0.2) is 0 Å². The van der Waals surface area contributed by atoms with Gasteiger partial charge in [0.05, 0.1) is 0 Å². The summed E-state index contributed by atoms with van der Waals surface area (Å²) in [5.41, 5.74) is 6.75. The molecule has 1 nitrogen and oxygen atoms in total. The summed E-state index contributed by atoms with van der Waals surface area (Å²) >= 11 is 0. The van der Waals surface area contributed by atoms with Crippen LogP contribution in [0.15, 0.2) is 71.9 Å². The molecule has 0 bridgehead atoms. The molecule has 1 N–H and O–H groups in total. The molecular formula is C23H23N. The van der Waals surface area contributed by atoms with Crippen molar-refractivity contribution < 1.29 is 0 Å². The van der Waals surface area contributed by atoms with Crippen LogP contribution >= 0.6 is 0 Å². The van der Waals surface area contributed by atoms with Gasteiger partial charge in [-0.1, -0.05) is 54.7 Å². The maximum absolute atomic E-state index is 3.70. The fourth-order valence-electron chi connectivity index (χ4n) is 3.98. The first-order valence-corrected chi connectivity index (χ1v) is 8.67. The first-order chi connectivity index (χ1) is 11.7. The van der Waals surface area contributed by atoms with Crippen molar-refractivity contribution in [3.8, 4) is 0 Å². The molecule has 24 heavy (non-hydrogen) atoms. The van der Waals surface area contributed by atoms with Gasteiger partial charge in [0, 0.05) is 27.4 Å². The maximum Gasteiger partial charge on any atom is 0.0464 e. The SMILES string of the molecule is C/C1=c2/[nH]c3ccccc3/c2=C(C)\C=C/C=C(\C)C2=CC=CCC21. The van der Waals surface area contributed by atoms with Crippen LogP contribution in [-0.4, -0.2) is 4.98 Å². The van der Waals surface area contributed by atoms with E-state index in [2.05, 4.69) is 86.5 Å². The first kappa shape index (κ1) is 15.0. The van der Waals surface area contributed by atoms with Crippen LogP contribution in [-0.2, 0) is 0 Å². The molecular weight excluding hydrogens is 290 g/mol. The number of allylic oxidation sites excluding steroid dienone is 8. The van der Waals surface area contributed by atoms with Gasteiger partial charge in [-0.2, -0.15) is 0 Å². The highest BCUT2D eigenvalue weighted by Gasteiger charge is 2.20. The van der Waals surface area contributed by atoms with E-state index in [1.807, 2.05) is 0 Å². The Kier molecular flexibility index (Phi) is 3.65. The third-order valence-corrected chi connectivity index (χ3v) is 5.32. The number of hydrogen-bond donors (Lipinski definition) is 1. The van der Waals surface area contributed by atoms with Crippen LogP contribution in [0.1, 0.15) is 27.2 Å². The van der Waals surface area contributed by atoms with Gasteiger partial charge in [0.15, 0.2) is 0 Å². The van der Waals surface area contributed by atoms with Crippen molar-refractivity contribution in [3.05, 3.63) is 82.4 Å². The summed E-state index contributed by atoms with van der Waals surface area (Å²) in [6.45, 7) is 6.72. The molecule has 1 aromatic heterocycles. The van der Waals surface area contributed by atoms with Crippen LogP contribution in [0.25, 0.3) is 22.0 Å². The number of aromatic amines is 1. The molecule has 120 valence electrons. The Labute approximate surface area is 143 Å². The number of benzene rings is 1. The van der Waals surface area contributed by atoms with E-state index in [1.54, 1.807) is 0 Å². The largest absolute Gasteiger partial charge is 0.355 e. The number of aromatic nitrogens is 1. The molecule has 4 rings (SSSR count). The highest BCUT2D eigenvalue weighted by molar-refractivity contribution is 5.84. The average Bonchev–Trinajstić information content (AvgIpc) is 3.00. The second kappa shape index (κ2) is 5.83. The molecule has 0 fully saturated rings. The molecule has 2 aliphatic rings. The summed E-state index contributed by atoms with van der Waals surface area (Å²) in [6, 6.07) is 8.62. The molecule has 0 radical (unpaired) electrons. The lowest BCUT2D eigenvalue weighted by atomic mass is 9.81. The lowest BCUT2D eigenvalue weighted by molar-refractivity contribution is 0.778. The first-order valence-electron chi connectivity index (χ1n) is 8.67. The fourth-order valence-corrected chi connectivity index (χ4v) is 3.98. The van der Waals surface area contributed by atoms with Crippen molar-refractivity contribution in [2.24, 2.45) is 5.92 Å². The van der Waals surface area contributed by atoms with Gasteiger partial charge in [-0.15, -0.1) is 0 Å². The average molecular weight is 313 g/mol. The van der Waals surface area contributed by atoms with Crippen molar-refractivity contribution in [1.29, 1.82) is 0 Å². The zero-order valence-corrected chi connectivity index (χ0v) is 14.6. The summed E-state index contributed by atoms with van der Waals surface area (Å²) in [5, 5.41) is 3.95. The monoisotopic (exact) mass is 313 g/mol. The van der Waals surface area contributed by atoms with E-state index in [0.717, 1.165) is 6.42 Å². The summed E-state index contributed by atoms with van der Waals surface area (Å²) < 4.78 is 0. The normalized spacial score (nSPS) is 28.5. The Morgan fingerprint density at radius 3 is 2.71 bits per heavy atom. The standard InChI is InChI=1S/C23H23N/c1-15-9-8-10-16(2)22-20-13-6-7-14-21(20)24-23(22)17(3)19-12-5-4-11-18(15)19/h4-11,13-14,19,24H,12H2,1-3H3/b10-8-,15-9+,22-16+,23-17-. The lowest BCUT2D eigenvalue weighted by Gasteiger charge is -2.23. The van der Waals surface area contributed by atoms with Gasteiger partial charge in [0.2, 0.25) is 0 Å². The van der Waals surface area contributed by atoms with Gasteiger partial charge in [0.25, 0.3) is 0 Å². The van der Waals surface area contributed by atoms with Gasteiger partial charge >= 0.3 is 0 Å². The third kappa shape index (κ3) is 2.32. The van der Waals surface area contributed by atoms with Crippen molar-refractivity contribution in [1.82, 2.24) is 4.98 Å². The Bertz CT molecular complexity index is 1050. The Hall–Kier alpha value is -2.54. The van der Waals surface area contributed by atoms with Gasteiger partial charge in [0.1, 0.15) is 0 Å². The molecule has 0 saturated carbocycles. The smallest absolute Gasteiger partial charge is 0.0464 e. The molecule has 1 atom stereocenters. The molecule has 0 saturated heterocycles. The predicted octanol–water partition coefficient (Wildman–Crippen LogP) is 4.53. The molecule has 1 unspecified atom stereocenters. The lowest BCUT2D eigenvalue weighted by Crippen LogP contribution is -2.30. The summed E-state index contributed by atoms with van der Waals surface area (Å²) in [6.07, 6.45) is 14.5. The Morgan fingerprint density at radius 2 is 1.83 bits per heavy atom.